The zero-order valence-electron chi connectivity index (χ0n) is 10.5. The summed E-state index contributed by atoms with van der Waals surface area (Å²) in [5.41, 5.74) is 1.80. The van der Waals surface area contributed by atoms with Crippen molar-refractivity contribution in [2.45, 2.75) is 33.6 Å². The molecule has 2 heteroatoms. The predicted octanol–water partition coefficient (Wildman–Crippen LogP) is 3.62. The highest BCUT2D eigenvalue weighted by Gasteiger charge is 2.14. The first kappa shape index (κ1) is 12.8. The molecule has 0 fully saturated rings. The van der Waals surface area contributed by atoms with Gasteiger partial charge in [0.1, 0.15) is 5.75 Å². The van der Waals surface area contributed by atoms with E-state index in [-0.39, 0.29) is 11.7 Å². The van der Waals surface area contributed by atoms with E-state index in [2.05, 4.69) is 6.92 Å². The first-order chi connectivity index (χ1) is 7.60. The van der Waals surface area contributed by atoms with Gasteiger partial charge in [-0.3, -0.25) is 4.79 Å². The molecule has 0 bridgehead atoms. The lowest BCUT2D eigenvalue weighted by molar-refractivity contribution is 0.0923. The highest BCUT2D eigenvalue weighted by atomic mass is 16.5. The number of hydrogen-bond acceptors (Lipinski definition) is 2. The number of hydrogen-bond donors (Lipinski definition) is 0. The number of Topliss-reactive ketones (excluding diaryl/α,β-unsaturated/α-hetero) is 1. The maximum absolute atomic E-state index is 12.0. The number of benzene rings is 1. The van der Waals surface area contributed by atoms with Gasteiger partial charge in [0.25, 0.3) is 0 Å². The molecule has 1 aromatic carbocycles. The van der Waals surface area contributed by atoms with E-state index in [1.165, 1.54) is 0 Å². The molecule has 88 valence electrons. The summed E-state index contributed by atoms with van der Waals surface area (Å²) in [6.45, 7) is 6.05. The van der Waals surface area contributed by atoms with E-state index in [4.69, 9.17) is 4.74 Å². The Bertz CT molecular complexity index is 369. The second kappa shape index (κ2) is 5.69. The third kappa shape index (κ3) is 2.84. The van der Waals surface area contributed by atoms with E-state index in [1.54, 1.807) is 7.11 Å². The Morgan fingerprint density at radius 1 is 1.44 bits per heavy atom. The SMILES string of the molecule is CCCC(C)C(=O)c1ccc(OC)c(C)c1. The molecule has 0 spiro atoms. The second-order valence-corrected chi connectivity index (χ2v) is 4.24. The molecule has 0 aliphatic carbocycles. The number of aryl methyl sites for hydroxylation is 1. The van der Waals surface area contributed by atoms with Gasteiger partial charge in [0, 0.05) is 11.5 Å². The molecule has 1 atom stereocenters. The molecular weight excluding hydrogens is 200 g/mol. The highest BCUT2D eigenvalue weighted by molar-refractivity contribution is 5.97. The van der Waals surface area contributed by atoms with Crippen molar-refractivity contribution in [3.8, 4) is 5.75 Å². The lowest BCUT2D eigenvalue weighted by Gasteiger charge is -2.11. The van der Waals surface area contributed by atoms with Crippen LogP contribution in [-0.4, -0.2) is 12.9 Å². The van der Waals surface area contributed by atoms with Crippen LogP contribution in [0.5, 0.6) is 5.75 Å². The standard InChI is InChI=1S/C14H20O2/c1-5-6-10(2)14(15)12-7-8-13(16-4)11(3)9-12/h7-10H,5-6H2,1-4H3. The smallest absolute Gasteiger partial charge is 0.165 e. The summed E-state index contributed by atoms with van der Waals surface area (Å²) in [4.78, 5) is 12.0. The third-order valence-electron chi connectivity index (χ3n) is 2.85. The number of methoxy groups -OCH3 is 1. The Labute approximate surface area is 97.6 Å². The van der Waals surface area contributed by atoms with Crippen molar-refractivity contribution in [3.05, 3.63) is 29.3 Å². The normalized spacial score (nSPS) is 12.2. The molecule has 0 amide bonds. The van der Waals surface area contributed by atoms with Gasteiger partial charge in [-0.05, 0) is 37.1 Å². The van der Waals surface area contributed by atoms with Gasteiger partial charge in [0.2, 0.25) is 0 Å². The summed E-state index contributed by atoms with van der Waals surface area (Å²) < 4.78 is 5.18. The van der Waals surface area contributed by atoms with Gasteiger partial charge in [0.05, 0.1) is 7.11 Å². The summed E-state index contributed by atoms with van der Waals surface area (Å²) in [7, 11) is 1.64. The summed E-state index contributed by atoms with van der Waals surface area (Å²) >= 11 is 0. The van der Waals surface area contributed by atoms with E-state index >= 15 is 0 Å². The molecule has 0 saturated heterocycles. The van der Waals surface area contributed by atoms with Crippen LogP contribution in [0.2, 0.25) is 0 Å². The van der Waals surface area contributed by atoms with Crippen molar-refractivity contribution in [2.75, 3.05) is 7.11 Å². The molecule has 0 N–H and O–H groups in total. The zero-order chi connectivity index (χ0) is 12.1. The van der Waals surface area contributed by atoms with Crippen LogP contribution in [0.3, 0.4) is 0 Å². The molecule has 0 aliphatic rings. The van der Waals surface area contributed by atoms with Crippen LogP contribution < -0.4 is 4.74 Å². The molecule has 0 saturated carbocycles. The van der Waals surface area contributed by atoms with Crippen molar-refractivity contribution in [1.82, 2.24) is 0 Å². The Morgan fingerprint density at radius 2 is 2.12 bits per heavy atom. The van der Waals surface area contributed by atoms with E-state index < -0.39 is 0 Å². The Morgan fingerprint density at radius 3 is 2.62 bits per heavy atom. The number of carbonyl (C=O) groups is 1. The Kier molecular flexibility index (Phi) is 4.53. The fourth-order valence-corrected chi connectivity index (χ4v) is 1.88. The van der Waals surface area contributed by atoms with Gasteiger partial charge in [-0.1, -0.05) is 20.3 Å². The first-order valence-corrected chi connectivity index (χ1v) is 5.79. The molecule has 16 heavy (non-hydrogen) atoms. The van der Waals surface area contributed by atoms with Gasteiger partial charge in [0.15, 0.2) is 5.78 Å². The van der Waals surface area contributed by atoms with Gasteiger partial charge in [-0.15, -0.1) is 0 Å². The maximum atomic E-state index is 12.0. The number of rotatable bonds is 5. The average molecular weight is 220 g/mol. The molecule has 0 radical (unpaired) electrons. The number of ketones is 1. The van der Waals surface area contributed by atoms with E-state index in [0.29, 0.717) is 0 Å². The number of ether oxygens (including phenoxy) is 1. The molecule has 1 unspecified atom stereocenters. The summed E-state index contributed by atoms with van der Waals surface area (Å²) in [6.07, 6.45) is 1.99. The lowest BCUT2D eigenvalue weighted by Crippen LogP contribution is -2.11. The summed E-state index contributed by atoms with van der Waals surface area (Å²) in [5.74, 6) is 1.17. The molecule has 0 aromatic heterocycles. The average Bonchev–Trinajstić information content (AvgIpc) is 2.28. The second-order valence-electron chi connectivity index (χ2n) is 4.24. The fraction of sp³-hybridized carbons (Fsp3) is 0.500. The van der Waals surface area contributed by atoms with Gasteiger partial charge < -0.3 is 4.74 Å². The fourth-order valence-electron chi connectivity index (χ4n) is 1.88. The molecule has 0 aliphatic heterocycles. The number of carbonyl (C=O) groups excluding carboxylic acids is 1. The molecule has 0 heterocycles. The van der Waals surface area contributed by atoms with Crippen molar-refractivity contribution in [1.29, 1.82) is 0 Å². The topological polar surface area (TPSA) is 26.3 Å². The van der Waals surface area contributed by atoms with E-state index in [1.807, 2.05) is 32.0 Å². The molecule has 2 nitrogen and oxygen atoms in total. The zero-order valence-corrected chi connectivity index (χ0v) is 10.5. The minimum absolute atomic E-state index is 0.109. The van der Waals surface area contributed by atoms with Crippen LogP contribution in [0.4, 0.5) is 0 Å². The molecule has 1 aromatic rings. The van der Waals surface area contributed by atoms with Crippen LogP contribution in [0.1, 0.15) is 42.6 Å². The van der Waals surface area contributed by atoms with Crippen molar-refractivity contribution in [2.24, 2.45) is 5.92 Å². The van der Waals surface area contributed by atoms with E-state index in [9.17, 15) is 4.79 Å². The lowest BCUT2D eigenvalue weighted by atomic mass is 9.94. The van der Waals surface area contributed by atoms with Gasteiger partial charge in [-0.2, -0.15) is 0 Å². The first-order valence-electron chi connectivity index (χ1n) is 5.79. The minimum atomic E-state index is 0.109. The monoisotopic (exact) mass is 220 g/mol. The van der Waals surface area contributed by atoms with Crippen LogP contribution in [0.25, 0.3) is 0 Å². The maximum Gasteiger partial charge on any atom is 0.165 e. The van der Waals surface area contributed by atoms with Crippen molar-refractivity contribution < 1.29 is 9.53 Å². The van der Waals surface area contributed by atoms with Crippen LogP contribution in [0, 0.1) is 12.8 Å². The summed E-state index contributed by atoms with van der Waals surface area (Å²) in [5, 5.41) is 0. The van der Waals surface area contributed by atoms with Gasteiger partial charge >= 0.3 is 0 Å². The molecular formula is C14H20O2. The Hall–Kier alpha value is -1.31. The van der Waals surface area contributed by atoms with Crippen LogP contribution in [-0.2, 0) is 0 Å². The Balaban J connectivity index is 2.88. The highest BCUT2D eigenvalue weighted by Crippen LogP contribution is 2.21. The van der Waals surface area contributed by atoms with Gasteiger partial charge in [-0.25, -0.2) is 0 Å². The predicted molar refractivity (Wildman–Crippen MR) is 66.1 cm³/mol. The van der Waals surface area contributed by atoms with Crippen molar-refractivity contribution >= 4 is 5.78 Å². The van der Waals surface area contributed by atoms with Crippen LogP contribution >= 0.6 is 0 Å². The largest absolute Gasteiger partial charge is 0.496 e. The van der Waals surface area contributed by atoms with Crippen molar-refractivity contribution in [3.63, 3.8) is 0 Å². The molecule has 1 rings (SSSR count). The quantitative estimate of drug-likeness (QED) is 0.708. The minimum Gasteiger partial charge on any atom is -0.496 e. The van der Waals surface area contributed by atoms with Crippen LogP contribution in [0.15, 0.2) is 18.2 Å². The third-order valence-corrected chi connectivity index (χ3v) is 2.85. The summed E-state index contributed by atoms with van der Waals surface area (Å²) in [6, 6.07) is 5.62. The van der Waals surface area contributed by atoms with E-state index in [0.717, 1.165) is 29.7 Å².